The minimum atomic E-state index is 0.0791. The van der Waals surface area contributed by atoms with Crippen molar-refractivity contribution in [1.82, 2.24) is 10.6 Å². The van der Waals surface area contributed by atoms with Crippen LogP contribution in [0.2, 0.25) is 0 Å². The number of hydrogen-bond acceptors (Lipinski definition) is 2. The summed E-state index contributed by atoms with van der Waals surface area (Å²) >= 11 is 0. The van der Waals surface area contributed by atoms with Gasteiger partial charge < -0.3 is 10.6 Å². The first-order valence-corrected chi connectivity index (χ1v) is 6.81. The molecular weight excluding hydrogens is 200 g/mol. The van der Waals surface area contributed by atoms with Gasteiger partial charge >= 0.3 is 0 Å². The molecule has 0 aromatic heterocycles. The van der Waals surface area contributed by atoms with Crippen molar-refractivity contribution in [2.75, 3.05) is 6.54 Å². The Morgan fingerprint density at radius 2 is 1.94 bits per heavy atom. The molecule has 3 nitrogen and oxygen atoms in total. The average Bonchev–Trinajstić information content (AvgIpc) is 2.73. The van der Waals surface area contributed by atoms with Gasteiger partial charge in [0.1, 0.15) is 0 Å². The van der Waals surface area contributed by atoms with Crippen molar-refractivity contribution in [1.29, 1.82) is 0 Å². The van der Waals surface area contributed by atoms with Crippen molar-refractivity contribution >= 4 is 5.91 Å². The van der Waals surface area contributed by atoms with Crippen LogP contribution in [0, 0.1) is 5.92 Å². The maximum Gasteiger partial charge on any atom is 0.237 e. The highest BCUT2D eigenvalue weighted by atomic mass is 16.2. The number of nitrogens with one attached hydrogen (secondary N) is 2. The average molecular weight is 224 g/mol. The van der Waals surface area contributed by atoms with Crippen LogP contribution < -0.4 is 10.6 Å². The number of rotatable bonds is 2. The van der Waals surface area contributed by atoms with Gasteiger partial charge in [-0.25, -0.2) is 0 Å². The van der Waals surface area contributed by atoms with E-state index in [1.54, 1.807) is 0 Å². The number of carbonyl (C=O) groups excluding carboxylic acids is 1. The molecular formula is C13H24N2O. The third kappa shape index (κ3) is 2.97. The van der Waals surface area contributed by atoms with E-state index in [0.29, 0.717) is 12.0 Å². The molecule has 0 spiro atoms. The van der Waals surface area contributed by atoms with E-state index in [-0.39, 0.29) is 11.9 Å². The zero-order valence-electron chi connectivity index (χ0n) is 10.3. The van der Waals surface area contributed by atoms with Crippen LogP contribution in [0.15, 0.2) is 0 Å². The quantitative estimate of drug-likeness (QED) is 0.703. The molecule has 0 bridgehead atoms. The fraction of sp³-hybridized carbons (Fsp3) is 0.923. The van der Waals surface area contributed by atoms with Gasteiger partial charge in [0, 0.05) is 6.04 Å². The van der Waals surface area contributed by atoms with E-state index in [0.717, 1.165) is 19.4 Å². The number of hydrogen-bond donors (Lipinski definition) is 2. The van der Waals surface area contributed by atoms with Crippen molar-refractivity contribution in [3.05, 3.63) is 0 Å². The van der Waals surface area contributed by atoms with Crippen LogP contribution in [0.5, 0.6) is 0 Å². The van der Waals surface area contributed by atoms with Crippen molar-refractivity contribution in [3.63, 3.8) is 0 Å². The molecule has 2 N–H and O–H groups in total. The third-order valence-corrected chi connectivity index (χ3v) is 4.07. The molecule has 1 saturated carbocycles. The highest BCUT2D eigenvalue weighted by Gasteiger charge is 2.26. The van der Waals surface area contributed by atoms with Crippen LogP contribution in [0.1, 0.15) is 51.9 Å². The Bertz CT molecular complexity index is 236. The molecule has 1 heterocycles. The van der Waals surface area contributed by atoms with E-state index >= 15 is 0 Å². The summed E-state index contributed by atoms with van der Waals surface area (Å²) in [6.45, 7) is 3.27. The summed E-state index contributed by atoms with van der Waals surface area (Å²) < 4.78 is 0. The van der Waals surface area contributed by atoms with Crippen molar-refractivity contribution < 1.29 is 4.79 Å². The predicted octanol–water partition coefficient (Wildman–Crippen LogP) is 1.82. The Balaban J connectivity index is 1.84. The topological polar surface area (TPSA) is 41.1 Å². The molecule has 2 fully saturated rings. The van der Waals surface area contributed by atoms with Crippen LogP contribution in [0.4, 0.5) is 0 Å². The number of carbonyl (C=O) groups is 1. The second-order valence-electron chi connectivity index (χ2n) is 5.38. The van der Waals surface area contributed by atoms with Crippen LogP contribution in [0.25, 0.3) is 0 Å². The van der Waals surface area contributed by atoms with E-state index in [2.05, 4.69) is 17.6 Å². The first kappa shape index (κ1) is 11.9. The van der Waals surface area contributed by atoms with Crippen LogP contribution in [-0.4, -0.2) is 24.5 Å². The molecule has 92 valence electrons. The van der Waals surface area contributed by atoms with Gasteiger partial charge in [-0.3, -0.25) is 4.79 Å². The van der Waals surface area contributed by atoms with Crippen LogP contribution in [0.3, 0.4) is 0 Å². The van der Waals surface area contributed by atoms with Gasteiger partial charge in [0.25, 0.3) is 0 Å². The highest BCUT2D eigenvalue weighted by molar-refractivity contribution is 5.82. The molecule has 3 heteroatoms. The molecule has 1 aliphatic heterocycles. The summed E-state index contributed by atoms with van der Waals surface area (Å²) in [6.07, 6.45) is 8.51. The maximum atomic E-state index is 12.0. The lowest BCUT2D eigenvalue weighted by Gasteiger charge is -2.24. The van der Waals surface area contributed by atoms with Gasteiger partial charge in [-0.2, -0.15) is 0 Å². The van der Waals surface area contributed by atoms with Crippen molar-refractivity contribution in [2.45, 2.75) is 64.0 Å². The molecule has 2 unspecified atom stereocenters. The van der Waals surface area contributed by atoms with Gasteiger partial charge in [0.15, 0.2) is 0 Å². The fourth-order valence-electron chi connectivity index (χ4n) is 2.90. The normalized spacial score (nSPS) is 35.7. The molecule has 3 atom stereocenters. The first-order chi connectivity index (χ1) is 7.77. The minimum absolute atomic E-state index is 0.0791. The second kappa shape index (κ2) is 5.67. The molecule has 1 saturated heterocycles. The van der Waals surface area contributed by atoms with Gasteiger partial charge in [-0.05, 0) is 38.1 Å². The SMILES string of the molecule is CC1CCCCCC1NC(=O)[C@H]1CCCN1. The van der Waals surface area contributed by atoms with Crippen LogP contribution in [-0.2, 0) is 4.79 Å². The number of amides is 1. The summed E-state index contributed by atoms with van der Waals surface area (Å²) in [6, 6.07) is 0.493. The highest BCUT2D eigenvalue weighted by Crippen LogP contribution is 2.23. The predicted molar refractivity (Wildman–Crippen MR) is 65.2 cm³/mol. The smallest absolute Gasteiger partial charge is 0.237 e. The lowest BCUT2D eigenvalue weighted by molar-refractivity contribution is -0.123. The largest absolute Gasteiger partial charge is 0.352 e. The van der Waals surface area contributed by atoms with E-state index < -0.39 is 0 Å². The van der Waals surface area contributed by atoms with E-state index in [4.69, 9.17) is 0 Å². The zero-order valence-corrected chi connectivity index (χ0v) is 10.3. The first-order valence-electron chi connectivity index (χ1n) is 6.81. The second-order valence-corrected chi connectivity index (χ2v) is 5.38. The third-order valence-electron chi connectivity index (χ3n) is 4.07. The summed E-state index contributed by atoms with van der Waals surface area (Å²) in [5, 5.41) is 6.51. The molecule has 0 aromatic carbocycles. The Labute approximate surface area is 98.4 Å². The molecule has 2 rings (SSSR count). The minimum Gasteiger partial charge on any atom is -0.352 e. The van der Waals surface area contributed by atoms with Gasteiger partial charge in [0.2, 0.25) is 5.91 Å². The summed E-state index contributed by atoms with van der Waals surface area (Å²) in [5.74, 6) is 0.879. The molecule has 2 aliphatic rings. The van der Waals surface area contributed by atoms with Gasteiger partial charge in [-0.1, -0.05) is 26.2 Å². The van der Waals surface area contributed by atoms with Crippen molar-refractivity contribution in [3.8, 4) is 0 Å². The maximum absolute atomic E-state index is 12.0. The Morgan fingerprint density at radius 1 is 1.12 bits per heavy atom. The standard InChI is InChI=1S/C13H24N2O/c1-10-6-3-2-4-7-11(10)15-13(16)12-8-5-9-14-12/h10-12,14H,2-9H2,1H3,(H,15,16)/t10?,11?,12-/m1/s1. The molecule has 16 heavy (non-hydrogen) atoms. The van der Waals surface area contributed by atoms with E-state index in [1.807, 2.05) is 0 Å². The monoisotopic (exact) mass is 224 g/mol. The van der Waals surface area contributed by atoms with Crippen molar-refractivity contribution in [2.24, 2.45) is 5.92 Å². The molecule has 1 amide bonds. The Morgan fingerprint density at radius 3 is 2.69 bits per heavy atom. The molecule has 1 aliphatic carbocycles. The van der Waals surface area contributed by atoms with Crippen LogP contribution >= 0.6 is 0 Å². The zero-order chi connectivity index (χ0) is 11.4. The van der Waals surface area contributed by atoms with Gasteiger partial charge in [0.05, 0.1) is 6.04 Å². The lowest BCUT2D eigenvalue weighted by Crippen LogP contribution is -2.47. The van der Waals surface area contributed by atoms with E-state index in [1.165, 1.54) is 32.1 Å². The summed E-state index contributed by atoms with van der Waals surface area (Å²) in [5.41, 5.74) is 0. The lowest BCUT2D eigenvalue weighted by atomic mass is 9.96. The van der Waals surface area contributed by atoms with E-state index in [9.17, 15) is 4.79 Å². The van der Waals surface area contributed by atoms with Gasteiger partial charge in [-0.15, -0.1) is 0 Å². The fourth-order valence-corrected chi connectivity index (χ4v) is 2.90. The molecule has 0 radical (unpaired) electrons. The summed E-state index contributed by atoms with van der Waals surface area (Å²) in [4.78, 5) is 12.0. The Kier molecular flexibility index (Phi) is 4.22. The summed E-state index contributed by atoms with van der Waals surface area (Å²) in [7, 11) is 0. The molecule has 0 aromatic rings. The Hall–Kier alpha value is -0.570.